The first kappa shape index (κ1) is 17.3. The average molecular weight is 324 g/mol. The number of allylic oxidation sites excluding steroid dienone is 3. The lowest BCUT2D eigenvalue weighted by Gasteiger charge is -2.25. The molecule has 1 fully saturated rings. The van der Waals surface area contributed by atoms with E-state index in [1.807, 2.05) is 0 Å². The number of alkyl halides is 3. The lowest BCUT2D eigenvalue weighted by Crippen LogP contribution is -2.09. The lowest BCUT2D eigenvalue weighted by molar-refractivity contribution is -0.137. The molecule has 0 saturated heterocycles. The second-order valence-electron chi connectivity index (χ2n) is 5.73. The van der Waals surface area contributed by atoms with E-state index >= 15 is 0 Å². The minimum Gasteiger partial charge on any atom is -0.478 e. The Morgan fingerprint density at radius 3 is 2.22 bits per heavy atom. The van der Waals surface area contributed by atoms with E-state index in [0.29, 0.717) is 0 Å². The van der Waals surface area contributed by atoms with Crippen LogP contribution in [0.4, 0.5) is 13.2 Å². The fourth-order valence-electron chi connectivity index (χ4n) is 2.97. The van der Waals surface area contributed by atoms with E-state index in [4.69, 9.17) is 5.11 Å². The van der Waals surface area contributed by atoms with Gasteiger partial charge in [-0.25, -0.2) is 4.79 Å². The van der Waals surface area contributed by atoms with Gasteiger partial charge in [-0.2, -0.15) is 13.2 Å². The molecule has 1 aliphatic carbocycles. The summed E-state index contributed by atoms with van der Waals surface area (Å²) in [6.07, 6.45) is 5.15. The predicted octanol–water partition coefficient (Wildman–Crippen LogP) is 5.31. The number of hydrogen-bond donors (Lipinski definition) is 1. The summed E-state index contributed by atoms with van der Waals surface area (Å²) < 4.78 is 38.0. The van der Waals surface area contributed by atoms with Gasteiger partial charge in [0.25, 0.3) is 0 Å². The Morgan fingerprint density at radius 2 is 1.70 bits per heavy atom. The molecule has 23 heavy (non-hydrogen) atoms. The molecule has 1 saturated carbocycles. The zero-order valence-electron chi connectivity index (χ0n) is 12.6. The summed E-state index contributed by atoms with van der Waals surface area (Å²) >= 11 is 0. The van der Waals surface area contributed by atoms with Crippen LogP contribution >= 0.6 is 0 Å². The second-order valence-corrected chi connectivity index (χ2v) is 5.73. The Morgan fingerprint density at radius 1 is 1.09 bits per heavy atom. The molecule has 2 nitrogen and oxygen atoms in total. The van der Waals surface area contributed by atoms with Gasteiger partial charge in [-0.15, -0.1) is 0 Å². The number of carbonyl (C=O) groups is 1. The maximum absolute atomic E-state index is 12.7. The normalized spacial score (nSPS) is 17.6. The smallest absolute Gasteiger partial charge is 0.416 e. The van der Waals surface area contributed by atoms with Gasteiger partial charge < -0.3 is 5.11 Å². The highest BCUT2D eigenvalue weighted by atomic mass is 19.4. The zero-order valence-corrected chi connectivity index (χ0v) is 12.6. The van der Waals surface area contributed by atoms with Gasteiger partial charge in [0.05, 0.1) is 5.56 Å². The van der Waals surface area contributed by atoms with E-state index in [2.05, 4.69) is 0 Å². The molecule has 124 valence electrons. The van der Waals surface area contributed by atoms with Crippen molar-refractivity contribution in [3.05, 3.63) is 53.6 Å². The standard InChI is InChI=1S/C18H19F3O2/c19-18(20,21)15-11-9-14(10-12-15)16(7-4-8-17(22)23)13-5-2-1-3-6-13/h4,7-13H,1-3,5-6H2,(H,22,23). The molecular weight excluding hydrogens is 305 g/mol. The van der Waals surface area contributed by atoms with Gasteiger partial charge in [-0.3, -0.25) is 0 Å². The molecule has 0 spiro atoms. The van der Waals surface area contributed by atoms with Crippen LogP contribution in [0.15, 0.2) is 42.5 Å². The zero-order chi connectivity index (χ0) is 16.9. The molecule has 0 heterocycles. The van der Waals surface area contributed by atoms with Crippen LogP contribution in [0.2, 0.25) is 0 Å². The van der Waals surface area contributed by atoms with Crippen LogP contribution in [0.25, 0.3) is 5.57 Å². The quantitative estimate of drug-likeness (QED) is 0.602. The van der Waals surface area contributed by atoms with Gasteiger partial charge in [-0.05, 0) is 42.0 Å². The Labute approximate surface area is 133 Å². The first-order valence-electron chi connectivity index (χ1n) is 7.67. The van der Waals surface area contributed by atoms with Crippen LogP contribution in [-0.2, 0) is 11.0 Å². The number of halogens is 3. The summed E-state index contributed by atoms with van der Waals surface area (Å²) in [5.41, 5.74) is 0.959. The highest BCUT2D eigenvalue weighted by molar-refractivity contribution is 5.81. The Balaban J connectivity index is 2.30. The van der Waals surface area contributed by atoms with Crippen LogP contribution in [0.3, 0.4) is 0 Å². The van der Waals surface area contributed by atoms with Gasteiger partial charge in [0.15, 0.2) is 0 Å². The van der Waals surface area contributed by atoms with Crippen molar-refractivity contribution in [3.8, 4) is 0 Å². The molecule has 1 aromatic carbocycles. The minimum atomic E-state index is -4.35. The Kier molecular flexibility index (Phi) is 5.64. The SMILES string of the molecule is O=C(O)C=CC=C(c1ccc(C(F)(F)F)cc1)C1CCCCC1. The first-order valence-corrected chi connectivity index (χ1v) is 7.67. The van der Waals surface area contributed by atoms with E-state index in [9.17, 15) is 18.0 Å². The van der Waals surface area contributed by atoms with Crippen molar-refractivity contribution < 1.29 is 23.1 Å². The first-order chi connectivity index (χ1) is 10.9. The molecular formula is C18H19F3O2. The predicted molar refractivity (Wildman–Crippen MR) is 82.8 cm³/mol. The molecule has 0 atom stereocenters. The Bertz CT molecular complexity index is 592. The number of hydrogen-bond acceptors (Lipinski definition) is 1. The summed E-state index contributed by atoms with van der Waals surface area (Å²) in [6, 6.07) is 5.09. The van der Waals surface area contributed by atoms with Gasteiger partial charge in [0, 0.05) is 6.08 Å². The number of rotatable bonds is 4. The lowest BCUT2D eigenvalue weighted by atomic mass is 9.80. The minimum absolute atomic E-state index is 0.263. The summed E-state index contributed by atoms with van der Waals surface area (Å²) in [5.74, 6) is -0.782. The van der Waals surface area contributed by atoms with Crippen molar-refractivity contribution in [2.45, 2.75) is 38.3 Å². The van der Waals surface area contributed by atoms with Crippen LogP contribution in [-0.4, -0.2) is 11.1 Å². The number of benzene rings is 1. The van der Waals surface area contributed by atoms with Crippen LogP contribution in [0.1, 0.15) is 43.2 Å². The highest BCUT2D eigenvalue weighted by Gasteiger charge is 2.30. The molecule has 0 amide bonds. The molecule has 1 aromatic rings. The van der Waals surface area contributed by atoms with Crippen molar-refractivity contribution in [1.82, 2.24) is 0 Å². The monoisotopic (exact) mass is 324 g/mol. The highest BCUT2D eigenvalue weighted by Crippen LogP contribution is 2.37. The maximum Gasteiger partial charge on any atom is 0.416 e. The number of carboxylic acid groups (broad SMARTS) is 1. The fraction of sp³-hybridized carbons (Fsp3) is 0.389. The molecule has 2 rings (SSSR count). The van der Waals surface area contributed by atoms with E-state index in [0.717, 1.165) is 55.0 Å². The second kappa shape index (κ2) is 7.49. The summed E-state index contributed by atoms with van der Waals surface area (Å²) in [5, 5.41) is 8.69. The molecule has 1 aliphatic rings. The van der Waals surface area contributed by atoms with Gasteiger partial charge in [0.2, 0.25) is 0 Å². The molecule has 1 N–H and O–H groups in total. The van der Waals surface area contributed by atoms with E-state index in [-0.39, 0.29) is 5.92 Å². The summed E-state index contributed by atoms with van der Waals surface area (Å²) in [6.45, 7) is 0. The molecule has 0 aliphatic heterocycles. The van der Waals surface area contributed by atoms with Crippen molar-refractivity contribution in [2.24, 2.45) is 5.92 Å². The van der Waals surface area contributed by atoms with E-state index in [1.165, 1.54) is 24.6 Å². The average Bonchev–Trinajstić information content (AvgIpc) is 2.51. The van der Waals surface area contributed by atoms with Crippen LogP contribution < -0.4 is 0 Å². The van der Waals surface area contributed by atoms with Gasteiger partial charge >= 0.3 is 12.1 Å². The topological polar surface area (TPSA) is 37.3 Å². The molecule has 0 radical (unpaired) electrons. The molecule has 0 aromatic heterocycles. The van der Waals surface area contributed by atoms with E-state index < -0.39 is 17.7 Å². The third-order valence-electron chi connectivity index (χ3n) is 4.11. The molecule has 5 heteroatoms. The number of carboxylic acids is 1. The molecule has 0 unspecified atom stereocenters. The van der Waals surface area contributed by atoms with Crippen molar-refractivity contribution in [3.63, 3.8) is 0 Å². The van der Waals surface area contributed by atoms with Crippen LogP contribution in [0.5, 0.6) is 0 Å². The number of aliphatic carboxylic acids is 1. The van der Waals surface area contributed by atoms with Gasteiger partial charge in [0.1, 0.15) is 0 Å². The van der Waals surface area contributed by atoms with Crippen molar-refractivity contribution in [1.29, 1.82) is 0 Å². The maximum atomic E-state index is 12.7. The Hall–Kier alpha value is -2.04. The van der Waals surface area contributed by atoms with Crippen molar-refractivity contribution in [2.75, 3.05) is 0 Å². The molecule has 0 bridgehead atoms. The van der Waals surface area contributed by atoms with Crippen molar-refractivity contribution >= 4 is 11.5 Å². The fourth-order valence-corrected chi connectivity index (χ4v) is 2.97. The summed E-state index contributed by atoms with van der Waals surface area (Å²) in [7, 11) is 0. The van der Waals surface area contributed by atoms with Gasteiger partial charge in [-0.1, -0.05) is 43.5 Å². The summed E-state index contributed by atoms with van der Waals surface area (Å²) in [4.78, 5) is 10.6. The third kappa shape index (κ3) is 4.98. The largest absolute Gasteiger partial charge is 0.478 e. The van der Waals surface area contributed by atoms with Crippen LogP contribution in [0, 0.1) is 5.92 Å². The van der Waals surface area contributed by atoms with E-state index in [1.54, 1.807) is 6.08 Å². The third-order valence-corrected chi connectivity index (χ3v) is 4.11.